The number of aromatic hydroxyl groups is 1. The number of ether oxygens (including phenoxy) is 1. The number of carbonyl (C=O) groups is 3. The van der Waals surface area contributed by atoms with E-state index >= 15 is 0 Å². The SMILES string of the molecule is CCOC(=O)c1ccc(CN2C(=O)C(=O)/C(=C(\O)c3ccc(Br)c(C)c3)C2c2ccc(O)cc2)cc1. The Bertz CT molecular complexity index is 1360. The van der Waals surface area contributed by atoms with E-state index in [1.807, 2.05) is 6.92 Å². The molecule has 0 aromatic heterocycles. The lowest BCUT2D eigenvalue weighted by atomic mass is 9.94. The van der Waals surface area contributed by atoms with Crippen molar-refractivity contribution < 1.29 is 29.3 Å². The summed E-state index contributed by atoms with van der Waals surface area (Å²) in [5.74, 6) is -2.23. The van der Waals surface area contributed by atoms with Gasteiger partial charge in [0.2, 0.25) is 0 Å². The highest BCUT2D eigenvalue weighted by atomic mass is 79.9. The number of aliphatic hydroxyl groups excluding tert-OH is 1. The summed E-state index contributed by atoms with van der Waals surface area (Å²) in [6.45, 7) is 3.91. The molecule has 0 bridgehead atoms. The van der Waals surface area contributed by atoms with Crippen molar-refractivity contribution in [3.8, 4) is 5.75 Å². The van der Waals surface area contributed by atoms with Crippen molar-refractivity contribution in [2.45, 2.75) is 26.4 Å². The van der Waals surface area contributed by atoms with Crippen LogP contribution in [0.3, 0.4) is 0 Å². The maximum absolute atomic E-state index is 13.2. The van der Waals surface area contributed by atoms with Crippen LogP contribution in [0.4, 0.5) is 0 Å². The summed E-state index contributed by atoms with van der Waals surface area (Å²) in [4.78, 5) is 39.7. The minimum Gasteiger partial charge on any atom is -0.508 e. The minimum absolute atomic E-state index is 0.0319. The van der Waals surface area contributed by atoms with Gasteiger partial charge in [0.25, 0.3) is 11.7 Å². The van der Waals surface area contributed by atoms with E-state index in [0.717, 1.165) is 10.0 Å². The van der Waals surface area contributed by atoms with Gasteiger partial charge >= 0.3 is 5.97 Å². The molecular formula is C28H24BrNO6. The molecule has 3 aromatic carbocycles. The van der Waals surface area contributed by atoms with Crippen LogP contribution in [-0.4, -0.2) is 39.4 Å². The van der Waals surface area contributed by atoms with Crippen molar-refractivity contribution >= 4 is 39.3 Å². The first-order valence-electron chi connectivity index (χ1n) is 11.3. The number of phenolic OH excluding ortho intramolecular Hbond substituents is 1. The topological polar surface area (TPSA) is 104 Å². The van der Waals surface area contributed by atoms with Gasteiger partial charge in [-0.3, -0.25) is 9.59 Å². The third-order valence-electron chi connectivity index (χ3n) is 6.00. The van der Waals surface area contributed by atoms with Crippen LogP contribution >= 0.6 is 15.9 Å². The Kier molecular flexibility index (Phi) is 7.26. The molecule has 1 unspecified atom stereocenters. The Morgan fingerprint density at radius 1 is 1.00 bits per heavy atom. The average molecular weight is 550 g/mol. The van der Waals surface area contributed by atoms with Crippen molar-refractivity contribution in [3.05, 3.63) is 105 Å². The molecule has 4 rings (SSSR count). The van der Waals surface area contributed by atoms with Gasteiger partial charge in [-0.15, -0.1) is 0 Å². The predicted octanol–water partition coefficient (Wildman–Crippen LogP) is 5.26. The number of esters is 1. The van der Waals surface area contributed by atoms with Gasteiger partial charge < -0.3 is 19.8 Å². The number of ketones is 1. The van der Waals surface area contributed by atoms with E-state index < -0.39 is 23.7 Å². The van der Waals surface area contributed by atoms with Crippen molar-refractivity contribution in [2.75, 3.05) is 6.61 Å². The van der Waals surface area contributed by atoms with E-state index in [-0.39, 0.29) is 30.2 Å². The van der Waals surface area contributed by atoms with Crippen molar-refractivity contribution in [3.63, 3.8) is 0 Å². The molecule has 1 heterocycles. The van der Waals surface area contributed by atoms with Gasteiger partial charge in [-0.1, -0.05) is 46.3 Å². The summed E-state index contributed by atoms with van der Waals surface area (Å²) in [6, 6.07) is 17.0. The van der Waals surface area contributed by atoms with Crippen LogP contribution in [0.1, 0.15) is 45.6 Å². The van der Waals surface area contributed by atoms with Gasteiger partial charge in [-0.2, -0.15) is 0 Å². The Balaban J connectivity index is 1.77. The van der Waals surface area contributed by atoms with E-state index in [1.165, 1.54) is 17.0 Å². The molecule has 0 saturated carbocycles. The van der Waals surface area contributed by atoms with Gasteiger partial charge in [0.05, 0.1) is 23.8 Å². The molecule has 1 fully saturated rings. The van der Waals surface area contributed by atoms with E-state index in [4.69, 9.17) is 4.74 Å². The number of benzene rings is 3. The normalized spacial score (nSPS) is 16.9. The first kappa shape index (κ1) is 25.2. The zero-order valence-corrected chi connectivity index (χ0v) is 21.3. The lowest BCUT2D eigenvalue weighted by Crippen LogP contribution is -2.29. The molecule has 0 radical (unpaired) electrons. The number of carbonyl (C=O) groups excluding carboxylic acids is 3. The summed E-state index contributed by atoms with van der Waals surface area (Å²) < 4.78 is 5.86. The second kappa shape index (κ2) is 10.4. The summed E-state index contributed by atoms with van der Waals surface area (Å²) in [6.07, 6.45) is 0. The zero-order chi connectivity index (χ0) is 26.0. The minimum atomic E-state index is -0.876. The Morgan fingerprint density at radius 2 is 1.64 bits per heavy atom. The van der Waals surface area contributed by atoms with Crippen molar-refractivity contribution in [1.29, 1.82) is 0 Å². The Hall–Kier alpha value is -3.91. The molecule has 0 aliphatic carbocycles. The fourth-order valence-corrected chi connectivity index (χ4v) is 4.40. The number of nitrogens with zero attached hydrogens (tertiary/aromatic N) is 1. The number of amides is 1. The van der Waals surface area contributed by atoms with Crippen LogP contribution in [0.2, 0.25) is 0 Å². The molecule has 184 valence electrons. The number of hydrogen-bond acceptors (Lipinski definition) is 6. The molecule has 36 heavy (non-hydrogen) atoms. The number of aliphatic hydroxyl groups is 1. The van der Waals surface area contributed by atoms with Gasteiger partial charge in [0, 0.05) is 16.6 Å². The molecule has 1 atom stereocenters. The number of hydrogen-bond donors (Lipinski definition) is 2. The molecule has 7 nitrogen and oxygen atoms in total. The lowest BCUT2D eigenvalue weighted by molar-refractivity contribution is -0.140. The standard InChI is InChI=1S/C28H24BrNO6/c1-3-36-28(35)19-6-4-17(5-7-19)15-30-24(18-8-11-21(31)12-9-18)23(26(33)27(30)34)25(32)20-10-13-22(29)16(2)14-20/h4-14,24,31-32H,3,15H2,1-2H3/b25-23-. The van der Waals surface area contributed by atoms with Gasteiger partial charge in [-0.25, -0.2) is 4.79 Å². The number of phenols is 1. The average Bonchev–Trinajstić information content (AvgIpc) is 3.11. The first-order valence-corrected chi connectivity index (χ1v) is 12.1. The third kappa shape index (κ3) is 4.90. The summed E-state index contributed by atoms with van der Waals surface area (Å²) in [5.41, 5.74) is 2.87. The fourth-order valence-electron chi connectivity index (χ4n) is 4.15. The monoisotopic (exact) mass is 549 g/mol. The van der Waals surface area contributed by atoms with Crippen LogP contribution in [-0.2, 0) is 20.9 Å². The molecule has 1 amide bonds. The summed E-state index contributed by atoms with van der Waals surface area (Å²) in [7, 11) is 0. The van der Waals surface area contributed by atoms with Crippen LogP contribution in [0.5, 0.6) is 5.75 Å². The molecule has 0 spiro atoms. The maximum atomic E-state index is 13.2. The molecule has 8 heteroatoms. The highest BCUT2D eigenvalue weighted by molar-refractivity contribution is 9.10. The Labute approximate surface area is 216 Å². The van der Waals surface area contributed by atoms with E-state index in [9.17, 15) is 24.6 Å². The largest absolute Gasteiger partial charge is 0.508 e. The van der Waals surface area contributed by atoms with E-state index in [1.54, 1.807) is 61.5 Å². The molecule has 1 aliphatic rings. The highest BCUT2D eigenvalue weighted by Gasteiger charge is 2.46. The molecule has 3 aromatic rings. The number of halogens is 1. The predicted molar refractivity (Wildman–Crippen MR) is 137 cm³/mol. The lowest BCUT2D eigenvalue weighted by Gasteiger charge is -2.25. The van der Waals surface area contributed by atoms with Crippen LogP contribution in [0.25, 0.3) is 5.76 Å². The number of rotatable bonds is 6. The fraction of sp³-hybridized carbons (Fsp3) is 0.179. The quantitative estimate of drug-likeness (QED) is 0.188. The van der Waals surface area contributed by atoms with E-state index in [2.05, 4.69) is 15.9 Å². The smallest absolute Gasteiger partial charge is 0.338 e. The highest BCUT2D eigenvalue weighted by Crippen LogP contribution is 2.41. The van der Waals surface area contributed by atoms with Crippen LogP contribution in [0.15, 0.2) is 76.8 Å². The van der Waals surface area contributed by atoms with Crippen LogP contribution < -0.4 is 0 Å². The number of aryl methyl sites for hydroxylation is 1. The van der Waals surface area contributed by atoms with Gasteiger partial charge in [0.1, 0.15) is 11.5 Å². The van der Waals surface area contributed by atoms with Crippen molar-refractivity contribution in [2.24, 2.45) is 0 Å². The summed E-state index contributed by atoms with van der Waals surface area (Å²) >= 11 is 3.43. The zero-order valence-electron chi connectivity index (χ0n) is 19.7. The molecule has 2 N–H and O–H groups in total. The van der Waals surface area contributed by atoms with Gasteiger partial charge in [-0.05, 0) is 66.9 Å². The molecule has 1 saturated heterocycles. The van der Waals surface area contributed by atoms with Crippen molar-refractivity contribution in [1.82, 2.24) is 4.90 Å². The van der Waals surface area contributed by atoms with E-state index in [0.29, 0.717) is 22.3 Å². The van der Waals surface area contributed by atoms with Crippen LogP contribution in [0, 0.1) is 6.92 Å². The number of Topliss-reactive ketones (excluding diaryl/α,β-unsaturated/α-hetero) is 1. The van der Waals surface area contributed by atoms with Gasteiger partial charge in [0.15, 0.2) is 0 Å². The molecular weight excluding hydrogens is 526 g/mol. The summed E-state index contributed by atoms with van der Waals surface area (Å²) in [5, 5.41) is 21.0. The number of likely N-dealkylation sites (tertiary alicyclic amines) is 1. The third-order valence-corrected chi connectivity index (χ3v) is 6.89. The second-order valence-electron chi connectivity index (χ2n) is 8.40. The maximum Gasteiger partial charge on any atom is 0.338 e. The molecule has 1 aliphatic heterocycles. The first-order chi connectivity index (χ1) is 17.2. The Morgan fingerprint density at radius 3 is 2.25 bits per heavy atom. The second-order valence-corrected chi connectivity index (χ2v) is 9.25.